The van der Waals surface area contributed by atoms with Crippen LogP contribution < -0.4 is 10.2 Å². The molecule has 0 aliphatic rings. The molecule has 2 N–H and O–H groups in total. The number of aliphatic carboxylic acids is 1. The third-order valence-corrected chi connectivity index (χ3v) is 2.27. The Morgan fingerprint density at radius 3 is 2.62 bits per heavy atom. The number of carboxylic acid groups (broad SMARTS) is 1. The van der Waals surface area contributed by atoms with E-state index < -0.39 is 5.97 Å². The number of hydrogen-bond donors (Lipinski definition) is 2. The van der Waals surface area contributed by atoms with Crippen LogP contribution in [-0.4, -0.2) is 31.2 Å². The van der Waals surface area contributed by atoms with Gasteiger partial charge in [0.15, 0.2) is 0 Å². The van der Waals surface area contributed by atoms with Crippen LogP contribution in [0, 0.1) is 0 Å². The van der Waals surface area contributed by atoms with Crippen molar-refractivity contribution in [2.75, 3.05) is 24.3 Å². The number of para-hydroxylation sites is 2. The molecule has 1 aromatic rings. The van der Waals surface area contributed by atoms with Crippen molar-refractivity contribution in [1.29, 1.82) is 0 Å². The quantitative estimate of drug-likeness (QED) is 0.800. The maximum Gasteiger partial charge on any atom is 0.305 e. The van der Waals surface area contributed by atoms with Crippen LogP contribution in [0.1, 0.15) is 13.3 Å². The van der Waals surface area contributed by atoms with Crippen molar-refractivity contribution in [3.05, 3.63) is 24.3 Å². The van der Waals surface area contributed by atoms with Crippen molar-refractivity contribution in [3.63, 3.8) is 0 Å². The second kappa shape index (κ2) is 5.39. The van der Waals surface area contributed by atoms with Crippen LogP contribution in [0.5, 0.6) is 0 Å². The van der Waals surface area contributed by atoms with Gasteiger partial charge in [-0.15, -0.1) is 0 Å². The van der Waals surface area contributed by atoms with Gasteiger partial charge in [0.2, 0.25) is 0 Å². The summed E-state index contributed by atoms with van der Waals surface area (Å²) in [7, 11) is 3.92. The highest BCUT2D eigenvalue weighted by molar-refractivity contribution is 5.72. The number of nitrogens with one attached hydrogen (secondary N) is 1. The standard InChI is InChI=1S/C12H18N2O2/c1-9(8-12(15)16)13-10-6-4-5-7-11(10)14(2)3/h4-7,9,13H,8H2,1-3H3,(H,15,16). The Hall–Kier alpha value is -1.71. The molecule has 0 aliphatic carbocycles. The lowest BCUT2D eigenvalue weighted by Gasteiger charge is -2.21. The van der Waals surface area contributed by atoms with E-state index in [0.29, 0.717) is 0 Å². The van der Waals surface area contributed by atoms with Crippen LogP contribution in [0.25, 0.3) is 0 Å². The van der Waals surface area contributed by atoms with E-state index in [1.807, 2.05) is 50.2 Å². The fourth-order valence-corrected chi connectivity index (χ4v) is 1.56. The molecular weight excluding hydrogens is 204 g/mol. The van der Waals surface area contributed by atoms with Gasteiger partial charge in [0.25, 0.3) is 0 Å². The van der Waals surface area contributed by atoms with Crippen molar-refractivity contribution in [2.45, 2.75) is 19.4 Å². The minimum Gasteiger partial charge on any atom is -0.481 e. The van der Waals surface area contributed by atoms with E-state index in [2.05, 4.69) is 5.32 Å². The summed E-state index contributed by atoms with van der Waals surface area (Å²) < 4.78 is 0. The summed E-state index contributed by atoms with van der Waals surface area (Å²) in [5.41, 5.74) is 2.01. The lowest BCUT2D eigenvalue weighted by atomic mass is 10.2. The molecule has 1 aromatic carbocycles. The Morgan fingerprint density at radius 2 is 2.06 bits per heavy atom. The minimum atomic E-state index is -0.790. The van der Waals surface area contributed by atoms with Gasteiger partial charge in [0.05, 0.1) is 17.8 Å². The molecule has 1 atom stereocenters. The average molecular weight is 222 g/mol. The van der Waals surface area contributed by atoms with Crippen LogP contribution >= 0.6 is 0 Å². The highest BCUT2D eigenvalue weighted by Crippen LogP contribution is 2.24. The molecule has 1 rings (SSSR count). The van der Waals surface area contributed by atoms with E-state index in [4.69, 9.17) is 5.11 Å². The maximum absolute atomic E-state index is 10.6. The van der Waals surface area contributed by atoms with Gasteiger partial charge in [-0.25, -0.2) is 0 Å². The first kappa shape index (κ1) is 12.4. The minimum absolute atomic E-state index is 0.0846. The van der Waals surface area contributed by atoms with Crippen molar-refractivity contribution >= 4 is 17.3 Å². The number of anilines is 2. The summed E-state index contributed by atoms with van der Waals surface area (Å²) in [6, 6.07) is 7.76. The van der Waals surface area contributed by atoms with Crippen molar-refractivity contribution in [1.82, 2.24) is 0 Å². The number of rotatable bonds is 5. The molecule has 88 valence electrons. The average Bonchev–Trinajstić information content (AvgIpc) is 2.16. The highest BCUT2D eigenvalue weighted by atomic mass is 16.4. The lowest BCUT2D eigenvalue weighted by Crippen LogP contribution is -2.21. The SMILES string of the molecule is CC(CC(=O)O)Nc1ccccc1N(C)C. The zero-order valence-electron chi connectivity index (χ0n) is 9.90. The second-order valence-electron chi connectivity index (χ2n) is 4.05. The highest BCUT2D eigenvalue weighted by Gasteiger charge is 2.10. The van der Waals surface area contributed by atoms with E-state index in [-0.39, 0.29) is 12.5 Å². The van der Waals surface area contributed by atoms with Gasteiger partial charge in [-0.2, -0.15) is 0 Å². The molecule has 1 unspecified atom stereocenters. The van der Waals surface area contributed by atoms with E-state index in [1.54, 1.807) is 0 Å². The first-order valence-electron chi connectivity index (χ1n) is 5.25. The molecule has 16 heavy (non-hydrogen) atoms. The molecule has 0 saturated heterocycles. The Labute approximate surface area is 95.9 Å². The van der Waals surface area contributed by atoms with Gasteiger partial charge < -0.3 is 15.3 Å². The fourth-order valence-electron chi connectivity index (χ4n) is 1.56. The monoisotopic (exact) mass is 222 g/mol. The Balaban J connectivity index is 2.76. The molecule has 0 aliphatic heterocycles. The molecule has 0 heterocycles. The third-order valence-electron chi connectivity index (χ3n) is 2.27. The smallest absolute Gasteiger partial charge is 0.305 e. The van der Waals surface area contributed by atoms with Crippen LogP contribution in [0.3, 0.4) is 0 Å². The topological polar surface area (TPSA) is 52.6 Å². The molecule has 0 amide bonds. The van der Waals surface area contributed by atoms with Gasteiger partial charge in [-0.1, -0.05) is 12.1 Å². The lowest BCUT2D eigenvalue weighted by molar-refractivity contribution is -0.137. The van der Waals surface area contributed by atoms with Gasteiger partial charge in [0.1, 0.15) is 0 Å². The Kier molecular flexibility index (Phi) is 4.17. The molecule has 0 bridgehead atoms. The van der Waals surface area contributed by atoms with E-state index in [9.17, 15) is 4.79 Å². The summed E-state index contributed by atoms with van der Waals surface area (Å²) in [6.45, 7) is 1.86. The molecule has 0 radical (unpaired) electrons. The Bertz CT molecular complexity index is 364. The predicted molar refractivity (Wildman–Crippen MR) is 66.1 cm³/mol. The molecule has 0 aromatic heterocycles. The van der Waals surface area contributed by atoms with Crippen molar-refractivity contribution in [2.24, 2.45) is 0 Å². The normalized spacial score (nSPS) is 11.9. The molecular formula is C12H18N2O2. The molecule has 0 fully saturated rings. The van der Waals surface area contributed by atoms with Crippen LogP contribution in [-0.2, 0) is 4.79 Å². The maximum atomic E-state index is 10.6. The summed E-state index contributed by atoms with van der Waals surface area (Å²) in [6.07, 6.45) is 0.113. The summed E-state index contributed by atoms with van der Waals surface area (Å²) in [4.78, 5) is 12.6. The zero-order chi connectivity index (χ0) is 12.1. The number of carboxylic acids is 1. The molecule has 4 heteroatoms. The number of carbonyl (C=O) groups is 1. The molecule has 0 saturated carbocycles. The van der Waals surface area contributed by atoms with E-state index in [1.165, 1.54) is 0 Å². The first-order chi connectivity index (χ1) is 7.50. The molecule has 0 spiro atoms. The van der Waals surface area contributed by atoms with Gasteiger partial charge >= 0.3 is 5.97 Å². The summed E-state index contributed by atoms with van der Waals surface area (Å²) >= 11 is 0. The second-order valence-corrected chi connectivity index (χ2v) is 4.05. The van der Waals surface area contributed by atoms with Crippen LogP contribution in [0.2, 0.25) is 0 Å². The third kappa shape index (κ3) is 3.46. The zero-order valence-corrected chi connectivity index (χ0v) is 9.90. The summed E-state index contributed by atoms with van der Waals surface area (Å²) in [5.74, 6) is -0.790. The van der Waals surface area contributed by atoms with Crippen molar-refractivity contribution in [3.8, 4) is 0 Å². The van der Waals surface area contributed by atoms with E-state index >= 15 is 0 Å². The number of hydrogen-bond acceptors (Lipinski definition) is 3. The van der Waals surface area contributed by atoms with E-state index in [0.717, 1.165) is 11.4 Å². The number of benzene rings is 1. The fraction of sp³-hybridized carbons (Fsp3) is 0.417. The van der Waals surface area contributed by atoms with Gasteiger partial charge in [0, 0.05) is 20.1 Å². The first-order valence-corrected chi connectivity index (χ1v) is 5.25. The number of nitrogens with zero attached hydrogens (tertiary/aromatic N) is 1. The Morgan fingerprint density at radius 1 is 1.44 bits per heavy atom. The predicted octanol–water partition coefficient (Wildman–Crippen LogP) is 2.03. The van der Waals surface area contributed by atoms with Crippen LogP contribution in [0.4, 0.5) is 11.4 Å². The molecule has 4 nitrogen and oxygen atoms in total. The largest absolute Gasteiger partial charge is 0.481 e. The van der Waals surface area contributed by atoms with Gasteiger partial charge in [-0.05, 0) is 19.1 Å². The van der Waals surface area contributed by atoms with Gasteiger partial charge in [-0.3, -0.25) is 4.79 Å². The van der Waals surface area contributed by atoms with Crippen molar-refractivity contribution < 1.29 is 9.90 Å². The summed E-state index contributed by atoms with van der Waals surface area (Å²) in [5, 5.41) is 11.9. The van der Waals surface area contributed by atoms with Crippen LogP contribution in [0.15, 0.2) is 24.3 Å².